The summed E-state index contributed by atoms with van der Waals surface area (Å²) >= 11 is 0. The lowest BCUT2D eigenvalue weighted by Gasteiger charge is -2.40. The van der Waals surface area contributed by atoms with Crippen LogP contribution in [0.25, 0.3) is 0 Å². The molecule has 1 heterocycles. The highest BCUT2D eigenvalue weighted by atomic mass is 16.5. The van der Waals surface area contributed by atoms with Crippen molar-refractivity contribution in [1.29, 1.82) is 0 Å². The molecule has 1 aromatic rings. The highest BCUT2D eigenvalue weighted by Crippen LogP contribution is 2.21. The number of nitrogens with zero attached hydrogens (tertiary/aromatic N) is 1. The number of hydrogen-bond donors (Lipinski definition) is 2. The Hall–Kier alpha value is -1.75. The Balaban J connectivity index is 1.86. The minimum Gasteiger partial charge on any atom is -0.508 e. The summed E-state index contributed by atoms with van der Waals surface area (Å²) in [7, 11) is 0. The number of amides is 2. The minimum atomic E-state index is -0.240. The largest absolute Gasteiger partial charge is 0.508 e. The highest BCUT2D eigenvalue weighted by Gasteiger charge is 2.32. The van der Waals surface area contributed by atoms with Crippen molar-refractivity contribution >= 4 is 6.03 Å². The smallest absolute Gasteiger partial charge is 0.317 e. The van der Waals surface area contributed by atoms with Crippen LogP contribution in [0.4, 0.5) is 4.79 Å². The number of aromatic hydroxyl groups is 1. The zero-order valence-electron chi connectivity index (χ0n) is 13.6. The van der Waals surface area contributed by atoms with Crippen molar-refractivity contribution in [3.8, 4) is 5.75 Å². The molecule has 2 rings (SSSR count). The average Bonchev–Trinajstić information content (AvgIpc) is 2.49. The molecule has 1 aromatic carbocycles. The van der Waals surface area contributed by atoms with Gasteiger partial charge in [0.15, 0.2) is 0 Å². The molecule has 0 saturated carbocycles. The summed E-state index contributed by atoms with van der Waals surface area (Å²) in [5.41, 5.74) is 0.849. The SMILES string of the molecule is CC[C@]1(C)CN(C(=O)N[C@@H](C)Cc2ccc(O)cc2)CCO1. The summed E-state index contributed by atoms with van der Waals surface area (Å²) < 4.78 is 5.76. The number of ether oxygens (including phenoxy) is 1. The summed E-state index contributed by atoms with van der Waals surface area (Å²) in [6, 6.07) is 7.08. The molecule has 122 valence electrons. The predicted octanol–water partition coefficient (Wildman–Crippen LogP) is 2.53. The van der Waals surface area contributed by atoms with E-state index in [1.54, 1.807) is 12.1 Å². The second kappa shape index (κ2) is 7.01. The molecule has 2 N–H and O–H groups in total. The van der Waals surface area contributed by atoms with Gasteiger partial charge in [-0.15, -0.1) is 0 Å². The lowest BCUT2D eigenvalue weighted by atomic mass is 10.0. The second-order valence-corrected chi connectivity index (χ2v) is 6.29. The molecule has 0 unspecified atom stereocenters. The Bertz CT molecular complexity index is 503. The van der Waals surface area contributed by atoms with Crippen LogP contribution in [-0.2, 0) is 11.2 Å². The molecule has 0 radical (unpaired) electrons. The second-order valence-electron chi connectivity index (χ2n) is 6.29. The van der Waals surface area contributed by atoms with Gasteiger partial charge in [0.25, 0.3) is 0 Å². The third-order valence-corrected chi connectivity index (χ3v) is 4.22. The van der Waals surface area contributed by atoms with E-state index in [-0.39, 0.29) is 23.4 Å². The van der Waals surface area contributed by atoms with Crippen LogP contribution in [0, 0.1) is 0 Å². The van der Waals surface area contributed by atoms with Crippen LogP contribution >= 0.6 is 0 Å². The van der Waals surface area contributed by atoms with Gasteiger partial charge in [-0.25, -0.2) is 4.79 Å². The first kappa shape index (κ1) is 16.6. The maximum absolute atomic E-state index is 12.4. The summed E-state index contributed by atoms with van der Waals surface area (Å²) in [5.74, 6) is 0.257. The van der Waals surface area contributed by atoms with Crippen LogP contribution in [0.15, 0.2) is 24.3 Å². The van der Waals surface area contributed by atoms with Crippen LogP contribution < -0.4 is 5.32 Å². The summed E-state index contributed by atoms with van der Waals surface area (Å²) in [4.78, 5) is 14.2. The molecule has 1 aliphatic rings. The van der Waals surface area contributed by atoms with Gasteiger partial charge >= 0.3 is 6.03 Å². The number of benzene rings is 1. The number of phenolic OH excluding ortho intramolecular Hbond substituents is 1. The number of carbonyl (C=O) groups is 1. The van der Waals surface area contributed by atoms with Crippen molar-refractivity contribution in [3.63, 3.8) is 0 Å². The monoisotopic (exact) mass is 306 g/mol. The van der Waals surface area contributed by atoms with Crippen molar-refractivity contribution in [2.24, 2.45) is 0 Å². The Kier molecular flexibility index (Phi) is 5.29. The van der Waals surface area contributed by atoms with Gasteiger partial charge in [0.05, 0.1) is 18.8 Å². The minimum absolute atomic E-state index is 0.0331. The van der Waals surface area contributed by atoms with Crippen LogP contribution in [-0.4, -0.2) is 47.4 Å². The van der Waals surface area contributed by atoms with Crippen molar-refractivity contribution in [2.75, 3.05) is 19.7 Å². The number of rotatable bonds is 4. The summed E-state index contributed by atoms with van der Waals surface area (Å²) in [6.07, 6.45) is 1.63. The Morgan fingerprint density at radius 3 is 2.77 bits per heavy atom. The first-order valence-electron chi connectivity index (χ1n) is 7.89. The normalized spacial score (nSPS) is 23.1. The van der Waals surface area contributed by atoms with Gasteiger partial charge < -0.3 is 20.1 Å². The van der Waals surface area contributed by atoms with Crippen molar-refractivity contribution in [1.82, 2.24) is 10.2 Å². The molecule has 1 aliphatic heterocycles. The summed E-state index contributed by atoms with van der Waals surface area (Å²) in [6.45, 7) is 7.96. The van der Waals surface area contributed by atoms with E-state index in [1.165, 1.54) is 0 Å². The maximum atomic E-state index is 12.4. The molecule has 0 spiro atoms. The Labute approximate surface area is 132 Å². The lowest BCUT2D eigenvalue weighted by molar-refractivity contribution is -0.0874. The molecular formula is C17H26N2O3. The first-order chi connectivity index (χ1) is 10.4. The summed E-state index contributed by atoms with van der Waals surface area (Å²) in [5, 5.41) is 12.3. The highest BCUT2D eigenvalue weighted by molar-refractivity contribution is 5.74. The molecule has 5 heteroatoms. The molecule has 0 bridgehead atoms. The predicted molar refractivity (Wildman–Crippen MR) is 86.0 cm³/mol. The van der Waals surface area contributed by atoms with E-state index in [1.807, 2.05) is 30.9 Å². The van der Waals surface area contributed by atoms with E-state index in [0.29, 0.717) is 19.7 Å². The number of hydrogen-bond acceptors (Lipinski definition) is 3. The van der Waals surface area contributed by atoms with Gasteiger partial charge in [0.2, 0.25) is 0 Å². The molecule has 1 fully saturated rings. The third kappa shape index (κ3) is 4.37. The van der Waals surface area contributed by atoms with E-state index in [4.69, 9.17) is 4.74 Å². The standard InChI is InChI=1S/C17H26N2O3/c1-4-17(3)12-19(9-10-22-17)16(21)18-13(2)11-14-5-7-15(20)8-6-14/h5-8,13,20H,4,9-12H2,1-3H3,(H,18,21)/t13-,17+/m0/s1. The Morgan fingerprint density at radius 2 is 2.14 bits per heavy atom. The van der Waals surface area contributed by atoms with Crippen molar-refractivity contribution in [2.45, 2.75) is 45.3 Å². The van der Waals surface area contributed by atoms with E-state index >= 15 is 0 Å². The van der Waals surface area contributed by atoms with Crippen LogP contribution in [0.2, 0.25) is 0 Å². The molecule has 2 atom stereocenters. The number of carbonyl (C=O) groups excluding carboxylic acids is 1. The van der Waals surface area contributed by atoms with Crippen LogP contribution in [0.3, 0.4) is 0 Å². The maximum Gasteiger partial charge on any atom is 0.317 e. The van der Waals surface area contributed by atoms with Gasteiger partial charge in [-0.1, -0.05) is 19.1 Å². The van der Waals surface area contributed by atoms with Gasteiger partial charge in [-0.3, -0.25) is 0 Å². The molecule has 2 amide bonds. The molecule has 1 saturated heterocycles. The lowest BCUT2D eigenvalue weighted by Crippen LogP contribution is -2.55. The van der Waals surface area contributed by atoms with Gasteiger partial charge in [-0.2, -0.15) is 0 Å². The first-order valence-corrected chi connectivity index (χ1v) is 7.89. The number of phenols is 1. The van der Waals surface area contributed by atoms with Crippen LogP contribution in [0.5, 0.6) is 5.75 Å². The average molecular weight is 306 g/mol. The van der Waals surface area contributed by atoms with E-state index in [0.717, 1.165) is 18.4 Å². The fourth-order valence-corrected chi connectivity index (χ4v) is 2.66. The fourth-order valence-electron chi connectivity index (χ4n) is 2.66. The third-order valence-electron chi connectivity index (χ3n) is 4.22. The van der Waals surface area contributed by atoms with Crippen molar-refractivity contribution < 1.29 is 14.6 Å². The van der Waals surface area contributed by atoms with Gasteiger partial charge in [-0.05, 0) is 44.4 Å². The van der Waals surface area contributed by atoms with E-state index < -0.39 is 0 Å². The molecule has 5 nitrogen and oxygen atoms in total. The van der Waals surface area contributed by atoms with Gasteiger partial charge in [0.1, 0.15) is 5.75 Å². The molecular weight excluding hydrogens is 280 g/mol. The zero-order chi connectivity index (χ0) is 16.2. The topological polar surface area (TPSA) is 61.8 Å². The molecule has 0 aliphatic carbocycles. The van der Waals surface area contributed by atoms with E-state index in [2.05, 4.69) is 12.2 Å². The van der Waals surface area contributed by atoms with Crippen LogP contribution in [0.1, 0.15) is 32.8 Å². The fraction of sp³-hybridized carbons (Fsp3) is 0.588. The van der Waals surface area contributed by atoms with Gasteiger partial charge in [0, 0.05) is 12.6 Å². The quantitative estimate of drug-likeness (QED) is 0.898. The number of nitrogens with one attached hydrogen (secondary N) is 1. The molecule has 0 aromatic heterocycles. The number of urea groups is 1. The van der Waals surface area contributed by atoms with Crippen molar-refractivity contribution in [3.05, 3.63) is 29.8 Å². The number of morpholine rings is 1. The Morgan fingerprint density at radius 1 is 1.45 bits per heavy atom. The van der Waals surface area contributed by atoms with E-state index in [9.17, 15) is 9.90 Å². The molecule has 22 heavy (non-hydrogen) atoms. The zero-order valence-corrected chi connectivity index (χ0v) is 13.6.